The topological polar surface area (TPSA) is 203 Å². The van der Waals surface area contributed by atoms with Gasteiger partial charge in [-0.15, -0.1) is 0 Å². The molecule has 372 valence electrons. The van der Waals surface area contributed by atoms with Gasteiger partial charge in [0.15, 0.2) is 10.8 Å². The molecule has 2 aliphatic rings. The van der Waals surface area contributed by atoms with Crippen molar-refractivity contribution in [2.75, 3.05) is 36.2 Å². The Balaban J connectivity index is 0.841. The lowest BCUT2D eigenvalue weighted by atomic mass is 9.85. The molecule has 0 aliphatic carbocycles. The zero-order valence-electron chi connectivity index (χ0n) is 39.7. The van der Waals surface area contributed by atoms with Crippen molar-refractivity contribution in [2.24, 2.45) is 5.41 Å². The Labute approximate surface area is 413 Å². The molecule has 0 unspecified atom stereocenters. The molecule has 20 heteroatoms. The van der Waals surface area contributed by atoms with E-state index in [4.69, 9.17) is 31.4 Å². The van der Waals surface area contributed by atoms with Gasteiger partial charge >= 0.3 is 6.18 Å². The van der Waals surface area contributed by atoms with E-state index in [2.05, 4.69) is 20.6 Å². The third kappa shape index (κ3) is 11.9. The van der Waals surface area contributed by atoms with Gasteiger partial charge in [0.2, 0.25) is 23.6 Å². The molecule has 7 rings (SSSR count). The SMILES string of the molecule is CC(C)(C)[C@H](NC(=O)COCCCCOc1ccc(-c2ccc(N3C(=S)N(c4cnc(C#N)c(C(F)(F)F)c4)C(=O)C3(C)C)cc2)cc1)C(=O)N1C[C@H](O)C[C@H]1C(=O)NCc1ccc(-c2ncco2)cc1. The number of oxazole rings is 1. The molecule has 3 atom stereocenters. The van der Waals surface area contributed by atoms with Crippen LogP contribution in [0.5, 0.6) is 5.75 Å². The number of nitrogens with one attached hydrogen (secondary N) is 2. The number of hydrogen-bond acceptors (Lipinski definition) is 12. The number of likely N-dealkylation sites (tertiary alicyclic amines) is 1. The number of hydrogen-bond donors (Lipinski definition) is 3. The average Bonchev–Trinajstić information content (AvgIpc) is 4.06. The van der Waals surface area contributed by atoms with Crippen LogP contribution in [0.3, 0.4) is 0 Å². The van der Waals surface area contributed by atoms with E-state index in [1.165, 1.54) is 17.2 Å². The van der Waals surface area contributed by atoms with Crippen LogP contribution in [0.25, 0.3) is 22.6 Å². The molecule has 4 amide bonds. The molecule has 16 nitrogen and oxygen atoms in total. The summed E-state index contributed by atoms with van der Waals surface area (Å²) in [6.45, 7) is 9.17. The lowest BCUT2D eigenvalue weighted by Gasteiger charge is -2.35. The maximum atomic E-state index is 14.0. The first-order valence-corrected chi connectivity index (χ1v) is 23.2. The van der Waals surface area contributed by atoms with E-state index < -0.39 is 70.2 Å². The molecule has 71 heavy (non-hydrogen) atoms. The van der Waals surface area contributed by atoms with E-state index in [1.54, 1.807) is 37.1 Å². The summed E-state index contributed by atoms with van der Waals surface area (Å²) in [5.74, 6) is -0.827. The highest BCUT2D eigenvalue weighted by atomic mass is 32.1. The van der Waals surface area contributed by atoms with Gasteiger partial charge in [0.1, 0.15) is 42.3 Å². The maximum Gasteiger partial charge on any atom is 0.419 e. The Hall–Kier alpha value is -7.21. The number of amides is 4. The number of alkyl halides is 3. The highest BCUT2D eigenvalue weighted by molar-refractivity contribution is 7.81. The first-order chi connectivity index (χ1) is 33.7. The van der Waals surface area contributed by atoms with Crippen molar-refractivity contribution in [3.63, 3.8) is 0 Å². The van der Waals surface area contributed by atoms with Crippen LogP contribution in [0.1, 0.15) is 70.7 Å². The number of carbonyl (C=O) groups is 4. The first kappa shape index (κ1) is 51.6. The Bertz CT molecular complexity index is 2780. The van der Waals surface area contributed by atoms with Gasteiger partial charge in [-0.1, -0.05) is 57.2 Å². The summed E-state index contributed by atoms with van der Waals surface area (Å²) in [4.78, 5) is 65.7. The van der Waals surface area contributed by atoms with Gasteiger partial charge in [-0.3, -0.25) is 24.1 Å². The van der Waals surface area contributed by atoms with Crippen LogP contribution in [-0.4, -0.2) is 98.8 Å². The zero-order valence-corrected chi connectivity index (χ0v) is 40.5. The number of aromatic nitrogens is 2. The summed E-state index contributed by atoms with van der Waals surface area (Å²) in [6.07, 6.45) is -0.427. The largest absolute Gasteiger partial charge is 0.494 e. The third-order valence-electron chi connectivity index (χ3n) is 12.1. The summed E-state index contributed by atoms with van der Waals surface area (Å²) < 4.78 is 58.1. The predicted octanol–water partition coefficient (Wildman–Crippen LogP) is 7.20. The molecule has 2 aromatic heterocycles. The molecular weight excluding hydrogens is 942 g/mol. The maximum absolute atomic E-state index is 14.0. The standard InChI is InChI=1S/C51H53F3N8O8S/c1-49(2,3)43(46(66)60-29-37(63)25-41(60)44(65)58-27-31-8-10-34(11-9-31)45-56-20-23-70-45)59-42(64)30-68-21-6-7-22-69-38-18-14-33(15-19-38)32-12-16-35(17-13-32)62-48(71)61(47(67)50(62,4)5)36-24-39(51(52,53)54)40(26-55)57-28-36/h8-20,23-24,28,37,41,43,63H,6-7,21-22,25,27,29-30H2,1-5H3,(H,58,65)(H,59,64)/t37-,41+,43-/m1/s1. The number of carbonyl (C=O) groups excluding carboxylic acids is 4. The van der Waals surface area contributed by atoms with E-state index in [0.29, 0.717) is 42.8 Å². The Morgan fingerprint density at radius 2 is 1.61 bits per heavy atom. The monoisotopic (exact) mass is 994 g/mol. The lowest BCUT2D eigenvalue weighted by molar-refractivity contribution is -0.144. The van der Waals surface area contributed by atoms with Crippen molar-refractivity contribution < 1.29 is 51.3 Å². The van der Waals surface area contributed by atoms with Crippen LogP contribution in [0.2, 0.25) is 0 Å². The van der Waals surface area contributed by atoms with E-state index >= 15 is 0 Å². The summed E-state index contributed by atoms with van der Waals surface area (Å²) in [6, 6.07) is 22.2. The fourth-order valence-corrected chi connectivity index (χ4v) is 8.83. The van der Waals surface area contributed by atoms with Gasteiger partial charge in [-0.05, 0) is 103 Å². The zero-order chi connectivity index (χ0) is 51.3. The molecule has 0 saturated carbocycles. The Morgan fingerprint density at radius 3 is 2.23 bits per heavy atom. The van der Waals surface area contributed by atoms with Crippen molar-refractivity contribution >= 4 is 52.3 Å². The van der Waals surface area contributed by atoms with Crippen LogP contribution in [0.4, 0.5) is 24.5 Å². The second kappa shape index (κ2) is 21.4. The van der Waals surface area contributed by atoms with Gasteiger partial charge in [-0.25, -0.2) is 9.97 Å². The minimum Gasteiger partial charge on any atom is -0.494 e. The molecule has 0 spiro atoms. The number of benzene rings is 3. The molecule has 3 aromatic carbocycles. The molecule has 2 aliphatic heterocycles. The number of unbranched alkanes of at least 4 members (excludes halogenated alkanes) is 1. The summed E-state index contributed by atoms with van der Waals surface area (Å²) in [7, 11) is 0. The number of pyridine rings is 1. The molecule has 2 saturated heterocycles. The number of rotatable bonds is 17. The van der Waals surface area contributed by atoms with Crippen molar-refractivity contribution in [1.29, 1.82) is 5.26 Å². The normalized spacial score (nSPS) is 17.3. The molecule has 2 fully saturated rings. The van der Waals surface area contributed by atoms with Crippen LogP contribution in [-0.2, 0) is 36.6 Å². The quantitative estimate of drug-likeness (QED) is 0.0624. The fraction of sp³-hybridized carbons (Fsp3) is 0.373. The van der Waals surface area contributed by atoms with E-state index in [1.807, 2.05) is 81.4 Å². The number of nitriles is 1. The third-order valence-corrected chi connectivity index (χ3v) is 12.5. The van der Waals surface area contributed by atoms with Gasteiger partial charge in [0, 0.05) is 37.4 Å². The van der Waals surface area contributed by atoms with Crippen LogP contribution < -0.4 is 25.2 Å². The fourth-order valence-electron chi connectivity index (χ4n) is 8.31. The number of β-amino-alcohol motifs (C(OH)–C–C–N with tert-alkyl or cyclic N) is 1. The summed E-state index contributed by atoms with van der Waals surface area (Å²) in [5.41, 5.74) is -0.392. The molecular formula is C51H53F3N8O8S. The molecule has 5 aromatic rings. The van der Waals surface area contributed by atoms with E-state index in [9.17, 15) is 37.5 Å². The number of anilines is 2. The summed E-state index contributed by atoms with van der Waals surface area (Å²) in [5, 5.41) is 25.3. The van der Waals surface area contributed by atoms with Gasteiger partial charge in [-0.2, -0.15) is 18.4 Å². The predicted molar refractivity (Wildman–Crippen MR) is 259 cm³/mol. The number of aliphatic hydroxyl groups excluding tert-OH is 1. The average molecular weight is 995 g/mol. The van der Waals surface area contributed by atoms with Crippen LogP contribution in [0.15, 0.2) is 102 Å². The van der Waals surface area contributed by atoms with Gasteiger partial charge in [0.25, 0.3) is 5.91 Å². The van der Waals surface area contributed by atoms with E-state index in [0.717, 1.165) is 33.4 Å². The van der Waals surface area contributed by atoms with Crippen molar-refractivity contribution in [1.82, 2.24) is 25.5 Å². The Morgan fingerprint density at radius 1 is 0.958 bits per heavy atom. The second-order valence-electron chi connectivity index (χ2n) is 18.7. The minimum atomic E-state index is -4.87. The Kier molecular flexibility index (Phi) is 15.6. The van der Waals surface area contributed by atoms with Crippen molar-refractivity contribution in [3.05, 3.63) is 114 Å². The van der Waals surface area contributed by atoms with Crippen molar-refractivity contribution in [3.8, 4) is 34.4 Å². The number of thiocarbonyl (C=S) groups is 1. The van der Waals surface area contributed by atoms with Gasteiger partial charge in [0.05, 0.1) is 36.4 Å². The van der Waals surface area contributed by atoms with Crippen molar-refractivity contribution in [2.45, 2.75) is 90.3 Å². The highest BCUT2D eigenvalue weighted by Crippen LogP contribution is 2.40. The number of aliphatic hydroxyl groups is 1. The van der Waals surface area contributed by atoms with Crippen LogP contribution >= 0.6 is 12.2 Å². The highest BCUT2D eigenvalue weighted by Gasteiger charge is 2.51. The van der Waals surface area contributed by atoms with Crippen LogP contribution in [0, 0.1) is 16.7 Å². The number of nitrogens with zero attached hydrogens (tertiary/aromatic N) is 6. The molecule has 3 N–H and O–H groups in total. The second-order valence-corrected chi connectivity index (χ2v) is 19.1. The smallest absolute Gasteiger partial charge is 0.419 e. The number of halogens is 3. The molecule has 0 bridgehead atoms. The minimum absolute atomic E-state index is 0.0387. The first-order valence-electron chi connectivity index (χ1n) is 22.8. The van der Waals surface area contributed by atoms with E-state index in [-0.39, 0.29) is 43.5 Å². The number of ether oxygens (including phenoxy) is 2. The van der Waals surface area contributed by atoms with Gasteiger partial charge < -0.3 is 39.4 Å². The molecule has 0 radical (unpaired) electrons. The lowest BCUT2D eigenvalue weighted by Crippen LogP contribution is -2.58. The molecule has 4 heterocycles. The summed E-state index contributed by atoms with van der Waals surface area (Å²) >= 11 is 5.64.